The Balaban J connectivity index is 4.49. The van der Waals surface area contributed by atoms with Crippen molar-refractivity contribution in [2.75, 3.05) is 6.54 Å². The first-order valence-electron chi connectivity index (χ1n) is 6.54. The van der Waals surface area contributed by atoms with Gasteiger partial charge in [-0.25, -0.2) is 0 Å². The number of aliphatic carboxylic acids is 1. The average Bonchev–Trinajstić information content (AvgIpc) is 2.31. The lowest BCUT2D eigenvalue weighted by atomic mass is 9.80. The van der Waals surface area contributed by atoms with Crippen molar-refractivity contribution in [1.82, 2.24) is 5.32 Å². The molecule has 0 saturated heterocycles. The van der Waals surface area contributed by atoms with Crippen LogP contribution < -0.4 is 11.1 Å². The molecular weight excluding hydrogens is 232 g/mol. The van der Waals surface area contributed by atoms with Gasteiger partial charge in [-0.15, -0.1) is 0 Å². The Hall–Kier alpha value is -1.10. The lowest BCUT2D eigenvalue weighted by Gasteiger charge is -2.27. The summed E-state index contributed by atoms with van der Waals surface area (Å²) >= 11 is 0. The molecule has 4 atom stereocenters. The van der Waals surface area contributed by atoms with Gasteiger partial charge in [-0.2, -0.15) is 0 Å². The van der Waals surface area contributed by atoms with E-state index in [9.17, 15) is 9.59 Å². The van der Waals surface area contributed by atoms with Crippen LogP contribution in [0.5, 0.6) is 0 Å². The summed E-state index contributed by atoms with van der Waals surface area (Å²) in [5.41, 5.74) is 5.46. The molecule has 5 nitrogen and oxygen atoms in total. The predicted molar refractivity (Wildman–Crippen MR) is 71.0 cm³/mol. The first-order valence-corrected chi connectivity index (χ1v) is 6.54. The molecule has 0 aromatic rings. The van der Waals surface area contributed by atoms with Gasteiger partial charge in [-0.05, 0) is 24.7 Å². The molecule has 0 spiro atoms. The molecular formula is C13H26N2O3. The molecule has 1 amide bonds. The molecule has 0 fully saturated rings. The fraction of sp³-hybridized carbons (Fsp3) is 0.846. The van der Waals surface area contributed by atoms with E-state index in [4.69, 9.17) is 10.8 Å². The third-order valence-electron chi connectivity index (χ3n) is 3.67. The van der Waals surface area contributed by atoms with E-state index < -0.39 is 12.0 Å². The van der Waals surface area contributed by atoms with E-state index in [1.54, 1.807) is 6.92 Å². The van der Waals surface area contributed by atoms with Crippen LogP contribution in [0.2, 0.25) is 0 Å². The number of carboxylic acids is 1. The zero-order valence-electron chi connectivity index (χ0n) is 11.8. The molecule has 0 heterocycles. The highest BCUT2D eigenvalue weighted by molar-refractivity contribution is 5.81. The van der Waals surface area contributed by atoms with E-state index in [0.29, 0.717) is 12.5 Å². The molecule has 0 aliphatic heterocycles. The number of rotatable bonds is 8. The molecule has 0 aliphatic rings. The summed E-state index contributed by atoms with van der Waals surface area (Å²) in [7, 11) is 0. The van der Waals surface area contributed by atoms with Gasteiger partial charge < -0.3 is 16.2 Å². The van der Waals surface area contributed by atoms with Crippen molar-refractivity contribution in [2.45, 2.75) is 46.6 Å². The average molecular weight is 258 g/mol. The van der Waals surface area contributed by atoms with Crippen LogP contribution in [0.25, 0.3) is 0 Å². The van der Waals surface area contributed by atoms with Gasteiger partial charge in [0.2, 0.25) is 5.91 Å². The Labute approximate surface area is 109 Å². The fourth-order valence-electron chi connectivity index (χ4n) is 1.90. The van der Waals surface area contributed by atoms with E-state index >= 15 is 0 Å². The van der Waals surface area contributed by atoms with Gasteiger partial charge in [0.05, 0.1) is 12.5 Å². The van der Waals surface area contributed by atoms with Crippen molar-refractivity contribution in [3.05, 3.63) is 0 Å². The second kappa shape index (κ2) is 8.08. The van der Waals surface area contributed by atoms with Crippen LogP contribution >= 0.6 is 0 Å². The van der Waals surface area contributed by atoms with E-state index in [0.717, 1.165) is 6.42 Å². The van der Waals surface area contributed by atoms with E-state index in [2.05, 4.69) is 19.2 Å². The van der Waals surface area contributed by atoms with Crippen molar-refractivity contribution >= 4 is 11.9 Å². The highest BCUT2D eigenvalue weighted by Gasteiger charge is 2.25. The van der Waals surface area contributed by atoms with Crippen molar-refractivity contribution in [2.24, 2.45) is 23.5 Å². The molecule has 0 radical (unpaired) electrons. The SMILES string of the molecule is CCC(C)C(C)C(CNC(=O)C(C)N)CC(=O)O. The number of hydrogen-bond acceptors (Lipinski definition) is 3. The molecule has 0 aromatic heterocycles. The summed E-state index contributed by atoms with van der Waals surface area (Å²) in [6.45, 7) is 8.21. The first-order chi connectivity index (χ1) is 8.29. The van der Waals surface area contributed by atoms with Crippen molar-refractivity contribution in [3.63, 3.8) is 0 Å². The van der Waals surface area contributed by atoms with Crippen LogP contribution in [-0.2, 0) is 9.59 Å². The maximum Gasteiger partial charge on any atom is 0.303 e. The van der Waals surface area contributed by atoms with Crippen LogP contribution in [0.3, 0.4) is 0 Å². The van der Waals surface area contributed by atoms with Crippen LogP contribution in [0.4, 0.5) is 0 Å². The minimum absolute atomic E-state index is 0.0554. The van der Waals surface area contributed by atoms with Gasteiger partial charge in [0.15, 0.2) is 0 Å². The first kappa shape index (κ1) is 16.9. The number of nitrogens with one attached hydrogen (secondary N) is 1. The Morgan fingerprint density at radius 1 is 1.28 bits per heavy atom. The number of carboxylic acid groups (broad SMARTS) is 1. The van der Waals surface area contributed by atoms with Gasteiger partial charge in [0.25, 0.3) is 0 Å². The Morgan fingerprint density at radius 3 is 2.22 bits per heavy atom. The van der Waals surface area contributed by atoms with E-state index in [1.165, 1.54) is 0 Å². The Bertz CT molecular complexity index is 279. The maximum atomic E-state index is 11.4. The molecule has 106 valence electrons. The molecule has 0 aromatic carbocycles. The number of hydrogen-bond donors (Lipinski definition) is 3. The normalized spacial score (nSPS) is 17.6. The van der Waals surface area contributed by atoms with Gasteiger partial charge in [-0.3, -0.25) is 9.59 Å². The summed E-state index contributed by atoms with van der Waals surface area (Å²) in [4.78, 5) is 22.3. The quantitative estimate of drug-likeness (QED) is 0.610. The fourth-order valence-corrected chi connectivity index (χ4v) is 1.90. The summed E-state index contributed by atoms with van der Waals surface area (Å²) < 4.78 is 0. The van der Waals surface area contributed by atoms with Crippen LogP contribution in [0, 0.1) is 17.8 Å². The zero-order chi connectivity index (χ0) is 14.3. The summed E-state index contributed by atoms with van der Waals surface area (Å²) in [5.74, 6) is -0.437. The molecule has 0 rings (SSSR count). The molecule has 4 unspecified atom stereocenters. The van der Waals surface area contributed by atoms with E-state index in [-0.39, 0.29) is 24.2 Å². The van der Waals surface area contributed by atoms with Crippen molar-refractivity contribution < 1.29 is 14.7 Å². The topological polar surface area (TPSA) is 92.4 Å². The van der Waals surface area contributed by atoms with E-state index in [1.807, 2.05) is 6.92 Å². The standard InChI is InChI=1S/C13H26N2O3/c1-5-8(2)9(3)11(6-12(16)17)7-15-13(18)10(4)14/h8-11H,5-7,14H2,1-4H3,(H,15,18)(H,16,17). The predicted octanol–water partition coefficient (Wildman–Crippen LogP) is 1.22. The van der Waals surface area contributed by atoms with Gasteiger partial charge in [0, 0.05) is 6.54 Å². The largest absolute Gasteiger partial charge is 0.481 e. The number of carbonyl (C=O) groups is 2. The summed E-state index contributed by atoms with van der Waals surface area (Å²) in [6.07, 6.45) is 1.07. The monoisotopic (exact) mass is 258 g/mol. The van der Waals surface area contributed by atoms with Crippen LogP contribution in [0.1, 0.15) is 40.5 Å². The lowest BCUT2D eigenvalue weighted by Crippen LogP contribution is -2.42. The molecule has 18 heavy (non-hydrogen) atoms. The van der Waals surface area contributed by atoms with Gasteiger partial charge in [0.1, 0.15) is 0 Å². The highest BCUT2D eigenvalue weighted by atomic mass is 16.4. The van der Waals surface area contributed by atoms with Crippen molar-refractivity contribution in [3.8, 4) is 0 Å². The smallest absolute Gasteiger partial charge is 0.303 e. The maximum absolute atomic E-state index is 11.4. The number of nitrogens with two attached hydrogens (primary N) is 1. The van der Waals surface area contributed by atoms with Crippen molar-refractivity contribution in [1.29, 1.82) is 0 Å². The number of carbonyl (C=O) groups excluding carboxylic acids is 1. The number of amides is 1. The third kappa shape index (κ3) is 6.00. The molecule has 0 saturated carbocycles. The Morgan fingerprint density at radius 2 is 1.83 bits per heavy atom. The second-order valence-electron chi connectivity index (χ2n) is 5.14. The zero-order valence-corrected chi connectivity index (χ0v) is 11.8. The molecule has 4 N–H and O–H groups in total. The van der Waals surface area contributed by atoms with Gasteiger partial charge in [-0.1, -0.05) is 27.2 Å². The highest BCUT2D eigenvalue weighted by Crippen LogP contribution is 2.25. The molecule has 0 bridgehead atoms. The minimum Gasteiger partial charge on any atom is -0.481 e. The van der Waals surface area contributed by atoms with Gasteiger partial charge >= 0.3 is 5.97 Å². The second-order valence-corrected chi connectivity index (χ2v) is 5.14. The minimum atomic E-state index is -0.829. The molecule has 0 aliphatic carbocycles. The summed E-state index contributed by atoms with van der Waals surface area (Å²) in [6, 6.07) is -0.561. The Kier molecular flexibility index (Phi) is 7.59. The van der Waals surface area contributed by atoms with Crippen LogP contribution in [-0.4, -0.2) is 29.6 Å². The van der Waals surface area contributed by atoms with Crippen LogP contribution in [0.15, 0.2) is 0 Å². The lowest BCUT2D eigenvalue weighted by molar-refractivity contribution is -0.139. The third-order valence-corrected chi connectivity index (χ3v) is 3.67. The molecule has 5 heteroatoms. The summed E-state index contributed by atoms with van der Waals surface area (Å²) in [5, 5.41) is 11.6.